The van der Waals surface area contributed by atoms with Crippen LogP contribution in [0, 0.1) is 5.41 Å². The fourth-order valence-electron chi connectivity index (χ4n) is 7.01. The zero-order chi connectivity index (χ0) is 54.7. The zero-order valence-corrected chi connectivity index (χ0v) is 44.7. The van der Waals surface area contributed by atoms with E-state index in [2.05, 4.69) is 16.0 Å². The van der Waals surface area contributed by atoms with Crippen molar-refractivity contribution in [2.24, 2.45) is 5.73 Å². The number of ketones is 2. The molecule has 0 aliphatic carbocycles. The number of likely N-dealkylation sites (tertiary alicyclic amines) is 1. The number of Topliss-reactive ketones (excluding diaryl/α,β-unsaturated/α-hetero) is 2. The quantitative estimate of drug-likeness (QED) is 0.0179. The Kier molecular flexibility index (Phi) is 35.2. The van der Waals surface area contributed by atoms with Gasteiger partial charge in [0.2, 0.25) is 35.4 Å². The van der Waals surface area contributed by atoms with E-state index in [9.17, 15) is 72.2 Å². The highest BCUT2D eigenvalue weighted by Crippen LogP contribution is 2.69. The summed E-state index contributed by atoms with van der Waals surface area (Å²) in [5.74, 6) is -2.43. The van der Waals surface area contributed by atoms with E-state index in [0.29, 0.717) is 90.3 Å². The fourth-order valence-corrected chi connectivity index (χ4v) is 10.4. The van der Waals surface area contributed by atoms with Crippen molar-refractivity contribution in [3.63, 3.8) is 0 Å². The van der Waals surface area contributed by atoms with E-state index in [0.717, 1.165) is 11.3 Å². The van der Waals surface area contributed by atoms with E-state index in [1.54, 1.807) is 0 Å². The van der Waals surface area contributed by atoms with Crippen molar-refractivity contribution >= 4 is 79.7 Å². The van der Waals surface area contributed by atoms with Crippen molar-refractivity contribution in [1.29, 1.82) is 5.41 Å². The highest BCUT2D eigenvalue weighted by Gasteiger charge is 2.58. The number of primary amides is 1. The van der Waals surface area contributed by atoms with Crippen molar-refractivity contribution in [3.8, 4) is 0 Å². The minimum Gasteiger partial charge on any atom is -0.379 e. The molecule has 420 valence electrons. The molecular weight excluding hydrogens is 1020 g/mol. The Hall–Kier alpha value is -3.52. The standard InChI is InChI=1S/C45H80N6O19P2S/c1-2-24-67-28-29-68-25-7-12-35(52)15-17-39(54)49-22-27-70-31-30-69-26-8-13-36(53)16-18-41(56)50-37(43(47)58)14-4-6-21-48-40(55)19-23-51-42(57)33-38(44(51)59)73-32-9-11-34(46)10-3-5-20-45(60,71(61,62)63)72(64,65)66/h37-38,46,60H,2-33H2,1H3,(H2,47,58)(H,48,55)(H,49,54)(H,50,56)(H2,61,62,63)(H2,64,65,66)/t37-,38?/m0/s1. The number of aliphatic hydroxyl groups is 1. The number of thioether (sulfide) groups is 1. The van der Waals surface area contributed by atoms with E-state index >= 15 is 0 Å². The number of hydrogen-bond acceptors (Lipinski definition) is 17. The Morgan fingerprint density at radius 2 is 1.22 bits per heavy atom. The van der Waals surface area contributed by atoms with Crippen LogP contribution in [-0.4, -0.2) is 177 Å². The summed E-state index contributed by atoms with van der Waals surface area (Å²) in [6.45, 7) is 5.77. The van der Waals surface area contributed by atoms with Gasteiger partial charge in [-0.05, 0) is 82.8 Å². The molecule has 0 radical (unpaired) electrons. The predicted molar refractivity (Wildman–Crippen MR) is 268 cm³/mol. The van der Waals surface area contributed by atoms with Gasteiger partial charge >= 0.3 is 15.2 Å². The Bertz CT molecular complexity index is 1830. The first-order chi connectivity index (χ1) is 34.5. The molecule has 0 aromatic carbocycles. The van der Waals surface area contributed by atoms with Crippen LogP contribution in [0.4, 0.5) is 0 Å². The molecule has 1 aliphatic heterocycles. The molecule has 2 atom stereocenters. The lowest BCUT2D eigenvalue weighted by Crippen LogP contribution is -2.44. The Morgan fingerprint density at radius 3 is 1.79 bits per heavy atom. The molecule has 25 nitrogen and oxygen atoms in total. The van der Waals surface area contributed by atoms with Crippen LogP contribution < -0.4 is 21.7 Å². The molecule has 11 N–H and O–H groups in total. The van der Waals surface area contributed by atoms with Gasteiger partial charge in [-0.2, -0.15) is 0 Å². The number of amides is 6. The molecule has 73 heavy (non-hydrogen) atoms. The summed E-state index contributed by atoms with van der Waals surface area (Å²) >= 11 is 1.24. The van der Waals surface area contributed by atoms with Gasteiger partial charge in [0.25, 0.3) is 5.08 Å². The normalized spacial score (nSPS) is 14.5. The second-order valence-electron chi connectivity index (χ2n) is 17.4. The maximum Gasteiger partial charge on any atom is 0.369 e. The highest BCUT2D eigenvalue weighted by molar-refractivity contribution is 8.00. The molecule has 1 heterocycles. The van der Waals surface area contributed by atoms with E-state index in [1.165, 1.54) is 11.8 Å². The topological polar surface area (TPSA) is 398 Å². The smallest absolute Gasteiger partial charge is 0.369 e. The van der Waals surface area contributed by atoms with Crippen LogP contribution in [0.15, 0.2) is 0 Å². The largest absolute Gasteiger partial charge is 0.379 e. The summed E-state index contributed by atoms with van der Waals surface area (Å²) in [7, 11) is -11.1. The first-order valence-electron chi connectivity index (χ1n) is 24.8. The number of nitrogens with zero attached hydrogens (tertiary/aromatic N) is 1. The van der Waals surface area contributed by atoms with Gasteiger partial charge in [0.15, 0.2) is 0 Å². The predicted octanol–water partition coefficient (Wildman–Crippen LogP) is 1.71. The van der Waals surface area contributed by atoms with Gasteiger partial charge in [0.05, 0.1) is 38.3 Å². The van der Waals surface area contributed by atoms with Gasteiger partial charge in [-0.3, -0.25) is 52.4 Å². The Balaban J connectivity index is 2.12. The Morgan fingerprint density at radius 1 is 0.685 bits per heavy atom. The zero-order valence-electron chi connectivity index (χ0n) is 42.1. The van der Waals surface area contributed by atoms with Gasteiger partial charge < -0.3 is 70.7 Å². The highest BCUT2D eigenvalue weighted by atomic mass is 32.2. The van der Waals surface area contributed by atoms with Crippen LogP contribution in [0.5, 0.6) is 0 Å². The number of rotatable bonds is 47. The molecule has 0 spiro atoms. The fraction of sp³-hybridized carbons (Fsp3) is 0.800. The number of nitrogens with two attached hydrogens (primary N) is 1. The monoisotopic (exact) mass is 1100 g/mol. The summed E-state index contributed by atoms with van der Waals surface area (Å²) < 4.78 is 44.6. The van der Waals surface area contributed by atoms with Gasteiger partial charge in [0.1, 0.15) is 17.6 Å². The summed E-state index contributed by atoms with van der Waals surface area (Å²) in [6.07, 6.45) is 3.62. The second kappa shape index (κ2) is 38.1. The molecule has 28 heteroatoms. The number of hydrogen-bond donors (Lipinski definition) is 10. The average molecular weight is 1100 g/mol. The van der Waals surface area contributed by atoms with Crippen LogP contribution >= 0.6 is 27.0 Å². The average Bonchev–Trinajstić information content (AvgIpc) is 3.59. The first kappa shape index (κ1) is 67.5. The number of carbonyl (C=O) groups is 8. The summed E-state index contributed by atoms with van der Waals surface area (Å²) in [5, 5.41) is 21.8. The molecule has 0 bridgehead atoms. The molecule has 1 saturated heterocycles. The van der Waals surface area contributed by atoms with Crippen LogP contribution in [-0.2, 0) is 66.4 Å². The first-order valence-corrected chi connectivity index (χ1v) is 29.1. The van der Waals surface area contributed by atoms with Gasteiger partial charge in [-0.25, -0.2) is 0 Å². The van der Waals surface area contributed by atoms with Crippen molar-refractivity contribution in [2.75, 3.05) is 78.2 Å². The molecule has 1 rings (SSSR count). The lowest BCUT2D eigenvalue weighted by molar-refractivity contribution is -0.138. The van der Waals surface area contributed by atoms with Crippen molar-refractivity contribution in [3.05, 3.63) is 0 Å². The minimum atomic E-state index is -5.54. The van der Waals surface area contributed by atoms with Crippen LogP contribution in [0.3, 0.4) is 0 Å². The van der Waals surface area contributed by atoms with E-state index < -0.39 is 67.5 Å². The molecule has 0 aromatic heterocycles. The molecule has 1 aliphatic rings. The molecule has 6 amide bonds. The van der Waals surface area contributed by atoms with Gasteiger partial charge in [0, 0.05) is 96.5 Å². The maximum atomic E-state index is 12.9. The van der Waals surface area contributed by atoms with E-state index in [-0.39, 0.29) is 127 Å². The summed E-state index contributed by atoms with van der Waals surface area (Å²) in [4.78, 5) is 137. The maximum absolute atomic E-state index is 12.9. The van der Waals surface area contributed by atoms with Gasteiger partial charge in [-0.15, -0.1) is 11.8 Å². The third-order valence-corrected chi connectivity index (χ3v) is 16.4. The summed E-state index contributed by atoms with van der Waals surface area (Å²) in [6, 6.07) is -0.975. The number of unbranched alkanes of at least 4 members (excludes halogenated alkanes) is 2. The molecule has 0 saturated carbocycles. The summed E-state index contributed by atoms with van der Waals surface area (Å²) in [5.41, 5.74) is 5.73. The van der Waals surface area contributed by atoms with Crippen molar-refractivity contribution in [1.82, 2.24) is 20.9 Å². The lowest BCUT2D eigenvalue weighted by atomic mass is 10.1. The lowest BCUT2D eigenvalue weighted by Gasteiger charge is -2.29. The third kappa shape index (κ3) is 30.6. The van der Waals surface area contributed by atoms with Crippen LogP contribution in [0.25, 0.3) is 0 Å². The second-order valence-corrected chi connectivity index (χ2v) is 22.7. The van der Waals surface area contributed by atoms with Gasteiger partial charge in [-0.1, -0.05) is 6.92 Å². The van der Waals surface area contributed by atoms with E-state index in [1.807, 2.05) is 6.92 Å². The van der Waals surface area contributed by atoms with Crippen molar-refractivity contribution in [2.45, 2.75) is 152 Å². The number of carbonyl (C=O) groups excluding carboxylic acids is 8. The van der Waals surface area contributed by atoms with Crippen molar-refractivity contribution < 1.29 is 91.1 Å². The third-order valence-electron chi connectivity index (χ3n) is 11.2. The number of imide groups is 1. The number of nitrogens with one attached hydrogen (secondary N) is 4. The van der Waals surface area contributed by atoms with E-state index in [4.69, 9.17) is 30.1 Å². The number of ether oxygens (including phenoxy) is 4. The molecule has 0 aromatic rings. The Labute approximate surface area is 431 Å². The SMILES string of the molecule is CCCOCCOCCCC(=O)CCC(=O)NCCOCCOCCCC(=O)CCC(=O)N[C@@H](CCCCNC(=O)CCN1C(=O)CC(SCCCC(=N)CCCCC(O)(P(=O)(O)O)P(=O)(O)O)C1=O)C(N)=O. The molecule has 1 fully saturated rings. The molecular formula is C45H80N6O19P2S. The minimum absolute atomic E-state index is 0.00779. The van der Waals surface area contributed by atoms with Crippen LogP contribution in [0.2, 0.25) is 0 Å². The van der Waals surface area contributed by atoms with Crippen LogP contribution in [0.1, 0.15) is 135 Å². The molecule has 1 unspecified atom stereocenters.